The van der Waals surface area contributed by atoms with Crippen molar-refractivity contribution in [2.45, 2.75) is 0 Å². The van der Waals surface area contributed by atoms with Gasteiger partial charge in [-0.3, -0.25) is 9.13 Å². The Morgan fingerprint density at radius 3 is 1.82 bits per heavy atom. The Balaban J connectivity index is 2.13. The van der Waals surface area contributed by atoms with Gasteiger partial charge in [0.25, 0.3) is 0 Å². The van der Waals surface area contributed by atoms with Crippen molar-refractivity contribution in [1.82, 2.24) is 24.1 Å². The molecule has 0 radical (unpaired) electrons. The summed E-state index contributed by atoms with van der Waals surface area (Å²) in [4.78, 5) is 12.5. The molecular formula is C11H10N6. The van der Waals surface area contributed by atoms with Crippen LogP contribution in [-0.2, 0) is 0 Å². The lowest BCUT2D eigenvalue weighted by Gasteiger charge is -2.07. The van der Waals surface area contributed by atoms with E-state index in [2.05, 4.69) is 15.0 Å². The van der Waals surface area contributed by atoms with E-state index in [1.54, 1.807) is 46.3 Å². The van der Waals surface area contributed by atoms with E-state index >= 15 is 0 Å². The van der Waals surface area contributed by atoms with Crippen LogP contribution in [-0.4, -0.2) is 24.1 Å². The molecule has 6 nitrogen and oxygen atoms in total. The smallest absolute Gasteiger partial charge is 0.142 e. The summed E-state index contributed by atoms with van der Waals surface area (Å²) in [5, 5.41) is 0. The average Bonchev–Trinajstić information content (AvgIpc) is 3.02. The van der Waals surface area contributed by atoms with Crippen molar-refractivity contribution in [3.05, 3.63) is 49.6 Å². The van der Waals surface area contributed by atoms with Crippen LogP contribution in [0.1, 0.15) is 0 Å². The molecule has 6 heteroatoms. The Kier molecular flexibility index (Phi) is 2.11. The first-order valence-corrected chi connectivity index (χ1v) is 5.07. The van der Waals surface area contributed by atoms with E-state index in [1.165, 1.54) is 0 Å². The van der Waals surface area contributed by atoms with Crippen molar-refractivity contribution >= 4 is 5.69 Å². The minimum atomic E-state index is 0.646. The zero-order valence-electron chi connectivity index (χ0n) is 8.93. The summed E-state index contributed by atoms with van der Waals surface area (Å²) in [5.41, 5.74) is 6.51. The molecule has 2 N–H and O–H groups in total. The number of nitrogen functional groups attached to an aromatic ring is 1. The fraction of sp³-hybridized carbons (Fsp3) is 0. The molecule has 0 unspecified atom stereocenters. The number of hydrogen-bond donors (Lipinski definition) is 1. The second-order valence-electron chi connectivity index (χ2n) is 3.56. The van der Waals surface area contributed by atoms with Gasteiger partial charge < -0.3 is 5.73 Å². The number of imidazole rings is 2. The molecular weight excluding hydrogens is 216 g/mol. The molecule has 0 aliphatic rings. The molecule has 3 aromatic rings. The van der Waals surface area contributed by atoms with E-state index in [-0.39, 0.29) is 0 Å². The predicted molar refractivity (Wildman–Crippen MR) is 62.9 cm³/mol. The Labute approximate surface area is 97.4 Å². The van der Waals surface area contributed by atoms with Crippen LogP contribution in [0.15, 0.2) is 49.6 Å². The fourth-order valence-corrected chi connectivity index (χ4v) is 1.58. The number of anilines is 1. The SMILES string of the molecule is Nc1cc(-n2ccnc2)nc(-n2ccnc2)c1. The zero-order valence-corrected chi connectivity index (χ0v) is 8.93. The van der Waals surface area contributed by atoms with Crippen LogP contribution in [0.5, 0.6) is 0 Å². The second kappa shape index (κ2) is 3.75. The zero-order chi connectivity index (χ0) is 11.7. The molecule has 0 aliphatic carbocycles. The molecule has 0 aliphatic heterocycles. The minimum Gasteiger partial charge on any atom is -0.399 e. The maximum atomic E-state index is 5.86. The van der Waals surface area contributed by atoms with Crippen molar-refractivity contribution in [2.75, 3.05) is 5.73 Å². The van der Waals surface area contributed by atoms with Gasteiger partial charge in [0.05, 0.1) is 0 Å². The monoisotopic (exact) mass is 226 g/mol. The van der Waals surface area contributed by atoms with Crippen LogP contribution < -0.4 is 5.73 Å². The Morgan fingerprint density at radius 2 is 1.41 bits per heavy atom. The molecule has 0 saturated heterocycles. The highest BCUT2D eigenvalue weighted by atomic mass is 15.2. The first-order chi connectivity index (χ1) is 8.33. The van der Waals surface area contributed by atoms with Crippen molar-refractivity contribution in [3.63, 3.8) is 0 Å². The summed E-state index contributed by atoms with van der Waals surface area (Å²) in [7, 11) is 0. The van der Waals surface area contributed by atoms with Crippen LogP contribution in [0.4, 0.5) is 5.69 Å². The van der Waals surface area contributed by atoms with Gasteiger partial charge in [-0.15, -0.1) is 0 Å². The molecule has 0 bridgehead atoms. The lowest BCUT2D eigenvalue weighted by molar-refractivity contribution is 0.935. The summed E-state index contributed by atoms with van der Waals surface area (Å²) >= 11 is 0. The summed E-state index contributed by atoms with van der Waals surface area (Å²) in [6.07, 6.45) is 10.4. The van der Waals surface area contributed by atoms with Gasteiger partial charge in [-0.2, -0.15) is 0 Å². The Morgan fingerprint density at radius 1 is 0.882 bits per heavy atom. The van der Waals surface area contributed by atoms with Crippen molar-refractivity contribution < 1.29 is 0 Å². The Bertz CT molecular complexity index is 559. The molecule has 3 heterocycles. The van der Waals surface area contributed by atoms with Crippen molar-refractivity contribution in [2.24, 2.45) is 0 Å². The Hall–Kier alpha value is -2.63. The predicted octanol–water partition coefficient (Wildman–Crippen LogP) is 1.04. The first-order valence-electron chi connectivity index (χ1n) is 5.07. The highest BCUT2D eigenvalue weighted by Gasteiger charge is 2.04. The van der Waals surface area contributed by atoms with Gasteiger partial charge in [-0.25, -0.2) is 15.0 Å². The summed E-state index contributed by atoms with van der Waals surface area (Å²) in [5.74, 6) is 1.46. The van der Waals surface area contributed by atoms with E-state index in [9.17, 15) is 0 Å². The van der Waals surface area contributed by atoms with Crippen LogP contribution in [0, 0.1) is 0 Å². The third kappa shape index (κ3) is 1.76. The maximum Gasteiger partial charge on any atom is 0.142 e. The van der Waals surface area contributed by atoms with E-state index in [0.29, 0.717) is 5.69 Å². The van der Waals surface area contributed by atoms with Crippen LogP contribution in [0.25, 0.3) is 11.6 Å². The first kappa shape index (κ1) is 9.59. The normalized spacial score (nSPS) is 10.6. The van der Waals surface area contributed by atoms with E-state index in [0.717, 1.165) is 11.6 Å². The van der Waals surface area contributed by atoms with Crippen LogP contribution in [0.2, 0.25) is 0 Å². The molecule has 17 heavy (non-hydrogen) atoms. The fourth-order valence-electron chi connectivity index (χ4n) is 1.58. The van der Waals surface area contributed by atoms with E-state index in [1.807, 2.05) is 12.4 Å². The van der Waals surface area contributed by atoms with Gasteiger partial charge in [0.2, 0.25) is 0 Å². The van der Waals surface area contributed by atoms with E-state index in [4.69, 9.17) is 5.73 Å². The molecule has 0 atom stereocenters. The topological polar surface area (TPSA) is 74.6 Å². The number of nitrogens with two attached hydrogens (primary N) is 1. The standard InChI is InChI=1S/C11H10N6/c12-9-5-10(16-3-1-13-7-16)15-11(6-9)17-4-2-14-8-17/h1-8H,(H2,12,15). The maximum absolute atomic E-state index is 5.86. The molecule has 0 fully saturated rings. The van der Waals surface area contributed by atoms with Gasteiger partial charge in [0.1, 0.15) is 24.3 Å². The summed E-state index contributed by atoms with van der Waals surface area (Å²) < 4.78 is 3.60. The van der Waals surface area contributed by atoms with Crippen LogP contribution >= 0.6 is 0 Å². The van der Waals surface area contributed by atoms with Crippen molar-refractivity contribution in [3.8, 4) is 11.6 Å². The van der Waals surface area contributed by atoms with Gasteiger partial charge >= 0.3 is 0 Å². The molecule has 84 valence electrons. The molecule has 0 amide bonds. The number of aromatic nitrogens is 5. The highest BCUT2D eigenvalue weighted by molar-refractivity contribution is 5.49. The number of rotatable bonds is 2. The lowest BCUT2D eigenvalue weighted by Crippen LogP contribution is -2.02. The molecule has 0 saturated carbocycles. The summed E-state index contributed by atoms with van der Waals surface area (Å²) in [6, 6.07) is 3.59. The van der Waals surface area contributed by atoms with Gasteiger partial charge in [0, 0.05) is 42.6 Å². The number of pyridine rings is 1. The molecule has 0 aromatic carbocycles. The summed E-state index contributed by atoms with van der Waals surface area (Å²) in [6.45, 7) is 0. The van der Waals surface area contributed by atoms with Crippen LogP contribution in [0.3, 0.4) is 0 Å². The molecule has 3 aromatic heterocycles. The largest absolute Gasteiger partial charge is 0.399 e. The molecule has 3 rings (SSSR count). The minimum absolute atomic E-state index is 0.646. The number of nitrogens with zero attached hydrogens (tertiary/aromatic N) is 5. The van der Waals surface area contributed by atoms with Gasteiger partial charge in [-0.05, 0) is 0 Å². The third-order valence-corrected chi connectivity index (χ3v) is 2.36. The van der Waals surface area contributed by atoms with E-state index < -0.39 is 0 Å². The highest BCUT2D eigenvalue weighted by Crippen LogP contribution is 2.14. The molecule has 0 spiro atoms. The third-order valence-electron chi connectivity index (χ3n) is 2.36. The van der Waals surface area contributed by atoms with Gasteiger partial charge in [0.15, 0.2) is 0 Å². The van der Waals surface area contributed by atoms with Gasteiger partial charge in [-0.1, -0.05) is 0 Å². The quantitative estimate of drug-likeness (QED) is 0.708. The second-order valence-corrected chi connectivity index (χ2v) is 3.56. The number of hydrogen-bond acceptors (Lipinski definition) is 4. The average molecular weight is 226 g/mol. The van der Waals surface area contributed by atoms with Crippen molar-refractivity contribution in [1.29, 1.82) is 0 Å². The lowest BCUT2D eigenvalue weighted by atomic mass is 10.3.